The van der Waals surface area contributed by atoms with Gasteiger partial charge in [0.2, 0.25) is 0 Å². The first-order valence-corrected chi connectivity index (χ1v) is 5.75. The van der Waals surface area contributed by atoms with Gasteiger partial charge < -0.3 is 14.5 Å². The first-order valence-electron chi connectivity index (χ1n) is 4.14. The molecule has 6 nitrogen and oxygen atoms in total. The first kappa shape index (κ1) is 12.6. The van der Waals surface area contributed by atoms with Crippen molar-refractivity contribution in [2.75, 3.05) is 7.11 Å². The molecule has 1 aromatic rings. The van der Waals surface area contributed by atoms with Crippen LogP contribution in [0.2, 0.25) is 0 Å². The average Bonchev–Trinajstić information content (AvgIpc) is 2.26. The molecule has 0 radical (unpaired) electrons. The van der Waals surface area contributed by atoms with Gasteiger partial charge >= 0.3 is 13.6 Å². The average molecular weight is 244 g/mol. The Morgan fingerprint density at radius 1 is 1.44 bits per heavy atom. The normalized spacial score (nSPS) is 10.9. The molecular formula is C9H9O6P. The fraction of sp³-hybridized carbons (Fsp3) is 0.111. The van der Waals surface area contributed by atoms with E-state index in [-0.39, 0.29) is 11.1 Å². The molecule has 0 saturated carbocycles. The van der Waals surface area contributed by atoms with Gasteiger partial charge in [-0.2, -0.15) is 0 Å². The fourth-order valence-corrected chi connectivity index (χ4v) is 1.91. The monoisotopic (exact) mass is 244 g/mol. The number of carbonyl (C=O) groups excluding carboxylic acids is 2. The van der Waals surface area contributed by atoms with Crippen LogP contribution in [-0.4, -0.2) is 29.2 Å². The predicted octanol–water partition coefficient (Wildman–Crippen LogP) is 0.0887. The third kappa shape index (κ3) is 2.55. The largest absolute Gasteiger partial charge is 0.465 e. The fourth-order valence-electron chi connectivity index (χ4n) is 1.14. The molecule has 1 rings (SSSR count). The number of hydrogen-bond donors (Lipinski definition) is 2. The maximum atomic E-state index is 11.1. The molecule has 0 aliphatic rings. The van der Waals surface area contributed by atoms with Crippen molar-refractivity contribution in [3.63, 3.8) is 0 Å². The number of carbonyl (C=O) groups is 2. The molecule has 0 fully saturated rings. The van der Waals surface area contributed by atoms with E-state index in [2.05, 4.69) is 4.74 Å². The van der Waals surface area contributed by atoms with Crippen LogP contribution in [0.4, 0.5) is 0 Å². The smallest absolute Gasteiger partial charge is 0.356 e. The third-order valence-electron chi connectivity index (χ3n) is 1.89. The molecule has 0 aliphatic heterocycles. The number of benzene rings is 1. The van der Waals surface area contributed by atoms with Crippen LogP contribution in [0.15, 0.2) is 18.2 Å². The van der Waals surface area contributed by atoms with E-state index in [0.29, 0.717) is 6.29 Å². The van der Waals surface area contributed by atoms with Crippen LogP contribution >= 0.6 is 7.60 Å². The second kappa shape index (κ2) is 4.57. The molecule has 0 atom stereocenters. The Balaban J connectivity index is 3.38. The van der Waals surface area contributed by atoms with Crippen molar-refractivity contribution in [3.05, 3.63) is 29.3 Å². The van der Waals surface area contributed by atoms with Gasteiger partial charge in [-0.05, 0) is 18.2 Å². The van der Waals surface area contributed by atoms with Gasteiger partial charge in [-0.25, -0.2) is 4.79 Å². The number of aldehydes is 1. The van der Waals surface area contributed by atoms with E-state index in [1.165, 1.54) is 6.07 Å². The van der Waals surface area contributed by atoms with Gasteiger partial charge in [0.05, 0.1) is 18.0 Å². The van der Waals surface area contributed by atoms with Crippen molar-refractivity contribution < 1.29 is 28.7 Å². The van der Waals surface area contributed by atoms with E-state index < -0.39 is 18.9 Å². The Bertz CT molecular complexity index is 475. The Labute approximate surface area is 91.0 Å². The van der Waals surface area contributed by atoms with E-state index in [4.69, 9.17) is 9.79 Å². The number of ether oxygens (including phenoxy) is 1. The summed E-state index contributed by atoms with van der Waals surface area (Å²) in [5.74, 6) is -0.729. The van der Waals surface area contributed by atoms with Crippen LogP contribution in [-0.2, 0) is 9.30 Å². The number of rotatable bonds is 3. The molecule has 0 saturated heterocycles. The number of esters is 1. The standard InChI is InChI=1S/C9H9O6P/c1-15-9(11)6-2-3-7(5-10)8(4-6)16(12,13)14/h2-5H,1H3,(H2,12,13,14). The maximum Gasteiger partial charge on any atom is 0.356 e. The van der Waals surface area contributed by atoms with Gasteiger partial charge in [0.25, 0.3) is 0 Å². The lowest BCUT2D eigenvalue weighted by Gasteiger charge is -2.08. The first-order chi connectivity index (χ1) is 7.40. The molecule has 0 heterocycles. The van der Waals surface area contributed by atoms with Crippen molar-refractivity contribution in [1.29, 1.82) is 0 Å². The number of methoxy groups -OCH3 is 1. The lowest BCUT2D eigenvalue weighted by molar-refractivity contribution is 0.0600. The van der Waals surface area contributed by atoms with Gasteiger partial charge in [0, 0.05) is 5.56 Å². The highest BCUT2D eigenvalue weighted by Crippen LogP contribution is 2.34. The van der Waals surface area contributed by atoms with Crippen LogP contribution in [0.25, 0.3) is 0 Å². The quantitative estimate of drug-likeness (QED) is 0.444. The summed E-state index contributed by atoms with van der Waals surface area (Å²) in [6.45, 7) is 0. The second-order valence-electron chi connectivity index (χ2n) is 2.93. The third-order valence-corrected chi connectivity index (χ3v) is 2.91. The van der Waals surface area contributed by atoms with Crippen molar-refractivity contribution in [1.82, 2.24) is 0 Å². The van der Waals surface area contributed by atoms with Crippen LogP contribution in [0.5, 0.6) is 0 Å². The van der Waals surface area contributed by atoms with Gasteiger partial charge in [-0.15, -0.1) is 0 Å². The predicted molar refractivity (Wildman–Crippen MR) is 54.8 cm³/mol. The zero-order valence-corrected chi connectivity index (χ0v) is 9.18. The van der Waals surface area contributed by atoms with Crippen LogP contribution in [0, 0.1) is 0 Å². The molecule has 0 aromatic heterocycles. The second-order valence-corrected chi connectivity index (χ2v) is 4.50. The molecule has 1 aromatic carbocycles. The van der Waals surface area contributed by atoms with Crippen molar-refractivity contribution in [2.45, 2.75) is 0 Å². The molecule has 2 N–H and O–H groups in total. The molecule has 0 spiro atoms. The Hall–Kier alpha value is -1.49. The summed E-state index contributed by atoms with van der Waals surface area (Å²) >= 11 is 0. The summed E-state index contributed by atoms with van der Waals surface area (Å²) in [6.07, 6.45) is 0.315. The summed E-state index contributed by atoms with van der Waals surface area (Å²) < 4.78 is 15.5. The van der Waals surface area contributed by atoms with Crippen LogP contribution < -0.4 is 5.30 Å². The van der Waals surface area contributed by atoms with E-state index >= 15 is 0 Å². The topological polar surface area (TPSA) is 101 Å². The Kier molecular flexibility index (Phi) is 3.59. The van der Waals surface area contributed by atoms with Crippen LogP contribution in [0.3, 0.4) is 0 Å². The maximum absolute atomic E-state index is 11.1. The summed E-state index contributed by atoms with van der Waals surface area (Å²) in [5, 5.41) is -0.481. The highest BCUT2D eigenvalue weighted by molar-refractivity contribution is 7.60. The molecule has 0 aliphatic carbocycles. The highest BCUT2D eigenvalue weighted by atomic mass is 31.2. The van der Waals surface area contributed by atoms with Crippen molar-refractivity contribution in [3.8, 4) is 0 Å². The van der Waals surface area contributed by atoms with Crippen molar-refractivity contribution >= 4 is 25.2 Å². The lowest BCUT2D eigenvalue weighted by Crippen LogP contribution is -2.14. The number of hydrogen-bond acceptors (Lipinski definition) is 4. The van der Waals surface area contributed by atoms with Gasteiger partial charge in [-0.1, -0.05) is 0 Å². The molecule has 7 heteroatoms. The van der Waals surface area contributed by atoms with Gasteiger partial charge in [0.1, 0.15) is 0 Å². The zero-order valence-electron chi connectivity index (χ0n) is 8.28. The minimum absolute atomic E-state index is 0.0218. The lowest BCUT2D eigenvalue weighted by atomic mass is 10.1. The molecule has 86 valence electrons. The molecule has 0 bridgehead atoms. The zero-order chi connectivity index (χ0) is 12.3. The summed E-state index contributed by atoms with van der Waals surface area (Å²) in [4.78, 5) is 39.7. The summed E-state index contributed by atoms with van der Waals surface area (Å²) in [7, 11) is -3.44. The molecule has 0 unspecified atom stereocenters. The Morgan fingerprint density at radius 3 is 2.50 bits per heavy atom. The molecular weight excluding hydrogens is 235 g/mol. The van der Waals surface area contributed by atoms with Gasteiger partial charge in [0.15, 0.2) is 6.29 Å². The van der Waals surface area contributed by atoms with E-state index in [1.807, 2.05) is 0 Å². The van der Waals surface area contributed by atoms with E-state index in [1.54, 1.807) is 0 Å². The van der Waals surface area contributed by atoms with Crippen molar-refractivity contribution in [2.24, 2.45) is 0 Å². The van der Waals surface area contributed by atoms with E-state index in [0.717, 1.165) is 19.2 Å². The minimum atomic E-state index is -4.59. The van der Waals surface area contributed by atoms with E-state index in [9.17, 15) is 14.2 Å². The Morgan fingerprint density at radius 2 is 2.06 bits per heavy atom. The summed E-state index contributed by atoms with van der Waals surface area (Å²) in [5.41, 5.74) is -0.174. The van der Waals surface area contributed by atoms with Crippen LogP contribution in [0.1, 0.15) is 20.7 Å². The molecule has 0 amide bonds. The highest BCUT2D eigenvalue weighted by Gasteiger charge is 2.23. The SMILES string of the molecule is COC(=O)c1ccc(C=O)c(P(=O)(O)O)c1. The van der Waals surface area contributed by atoms with Gasteiger partial charge in [-0.3, -0.25) is 9.36 Å². The molecule has 16 heavy (non-hydrogen) atoms. The minimum Gasteiger partial charge on any atom is -0.465 e. The summed E-state index contributed by atoms with van der Waals surface area (Å²) in [6, 6.07) is 3.37.